The number of nitrogens with one attached hydrogen (secondary N) is 1. The van der Waals surface area contributed by atoms with Gasteiger partial charge in [-0.25, -0.2) is 0 Å². The van der Waals surface area contributed by atoms with Crippen LogP contribution in [0.15, 0.2) is 33.3 Å². The fourth-order valence-electron chi connectivity index (χ4n) is 1.56. The molecule has 2 rings (SSSR count). The molecule has 0 aliphatic heterocycles. The average molecular weight is 325 g/mol. The van der Waals surface area contributed by atoms with E-state index >= 15 is 0 Å². The number of nitrogens with two attached hydrogens (primary N) is 1. The van der Waals surface area contributed by atoms with Crippen molar-refractivity contribution in [2.75, 3.05) is 6.54 Å². The number of benzene rings is 1. The van der Waals surface area contributed by atoms with Crippen LogP contribution in [0.5, 0.6) is 0 Å². The Labute approximate surface area is 118 Å². The van der Waals surface area contributed by atoms with Gasteiger partial charge in [0.2, 0.25) is 11.8 Å². The summed E-state index contributed by atoms with van der Waals surface area (Å²) in [5.41, 5.74) is 6.10. The van der Waals surface area contributed by atoms with Crippen molar-refractivity contribution in [1.29, 1.82) is 0 Å². The lowest BCUT2D eigenvalue weighted by molar-refractivity contribution is -0.117. The molecule has 3 N–H and O–H groups in total. The Morgan fingerprint density at radius 1 is 1.47 bits per heavy atom. The molecule has 0 fully saturated rings. The first-order valence-corrected chi connectivity index (χ1v) is 6.47. The highest BCUT2D eigenvalue weighted by atomic mass is 79.9. The molecule has 0 aliphatic rings. The second-order valence-corrected chi connectivity index (χ2v) is 4.90. The molecule has 0 unspecified atom stereocenters. The number of rotatable bonds is 6. The lowest BCUT2D eigenvalue weighted by Gasteiger charge is -1.97. The molecule has 6 nitrogen and oxygen atoms in total. The van der Waals surface area contributed by atoms with E-state index in [9.17, 15) is 4.79 Å². The third kappa shape index (κ3) is 4.46. The van der Waals surface area contributed by atoms with Gasteiger partial charge in [0.25, 0.3) is 0 Å². The molecule has 0 saturated heterocycles. The third-order valence-corrected chi connectivity index (χ3v) is 2.83. The van der Waals surface area contributed by atoms with Gasteiger partial charge in [-0.15, -0.1) is 0 Å². The van der Waals surface area contributed by atoms with Crippen molar-refractivity contribution in [1.82, 2.24) is 15.5 Å². The van der Waals surface area contributed by atoms with Gasteiger partial charge in [-0.1, -0.05) is 33.2 Å². The minimum Gasteiger partial charge on any atom is -0.369 e. The standard InChI is InChI=1S/C12H13BrN4O2/c13-9-3-1-2-8(4-9)5-11-16-12(19-17-11)7-15-6-10(14)18/h1-4,15H,5-7H2,(H2,14,18). The molecular weight excluding hydrogens is 312 g/mol. The van der Waals surface area contributed by atoms with Crippen LogP contribution in [0.25, 0.3) is 0 Å². The summed E-state index contributed by atoms with van der Waals surface area (Å²) in [6, 6.07) is 7.90. The molecule has 0 spiro atoms. The summed E-state index contributed by atoms with van der Waals surface area (Å²) in [5, 5.41) is 6.69. The monoisotopic (exact) mass is 324 g/mol. The number of hydrogen-bond acceptors (Lipinski definition) is 5. The number of hydrogen-bond donors (Lipinski definition) is 2. The number of nitrogens with zero attached hydrogens (tertiary/aromatic N) is 2. The summed E-state index contributed by atoms with van der Waals surface area (Å²) in [5.74, 6) is 0.620. The van der Waals surface area contributed by atoms with Crippen LogP contribution in [-0.4, -0.2) is 22.6 Å². The number of aromatic nitrogens is 2. The van der Waals surface area contributed by atoms with E-state index in [1.165, 1.54) is 0 Å². The second-order valence-electron chi connectivity index (χ2n) is 3.98. The largest absolute Gasteiger partial charge is 0.369 e. The highest BCUT2D eigenvalue weighted by Crippen LogP contribution is 2.14. The van der Waals surface area contributed by atoms with E-state index < -0.39 is 5.91 Å². The fourth-order valence-corrected chi connectivity index (χ4v) is 2.00. The van der Waals surface area contributed by atoms with Crippen molar-refractivity contribution in [2.45, 2.75) is 13.0 Å². The molecule has 100 valence electrons. The van der Waals surface area contributed by atoms with Crippen LogP contribution in [-0.2, 0) is 17.8 Å². The van der Waals surface area contributed by atoms with Crippen molar-refractivity contribution in [3.05, 3.63) is 46.0 Å². The zero-order valence-electron chi connectivity index (χ0n) is 10.1. The summed E-state index contributed by atoms with van der Waals surface area (Å²) in [6.45, 7) is 0.414. The first-order chi connectivity index (χ1) is 9.13. The van der Waals surface area contributed by atoms with E-state index in [0.29, 0.717) is 24.7 Å². The summed E-state index contributed by atoms with van der Waals surface area (Å²) in [6.07, 6.45) is 0.596. The number of carbonyl (C=O) groups excluding carboxylic acids is 1. The lowest BCUT2D eigenvalue weighted by atomic mass is 10.1. The van der Waals surface area contributed by atoms with Crippen molar-refractivity contribution in [3.8, 4) is 0 Å². The topological polar surface area (TPSA) is 94.0 Å². The van der Waals surface area contributed by atoms with Gasteiger partial charge in [-0.3, -0.25) is 10.1 Å². The molecule has 0 radical (unpaired) electrons. The quantitative estimate of drug-likeness (QED) is 0.826. The number of amides is 1. The van der Waals surface area contributed by atoms with Gasteiger partial charge in [0, 0.05) is 10.9 Å². The van der Waals surface area contributed by atoms with E-state index in [4.69, 9.17) is 10.3 Å². The third-order valence-electron chi connectivity index (χ3n) is 2.34. The van der Waals surface area contributed by atoms with Crippen LogP contribution in [0.2, 0.25) is 0 Å². The van der Waals surface area contributed by atoms with Gasteiger partial charge in [0.1, 0.15) is 0 Å². The van der Waals surface area contributed by atoms with Gasteiger partial charge in [-0.2, -0.15) is 4.98 Å². The van der Waals surface area contributed by atoms with Gasteiger partial charge >= 0.3 is 0 Å². The summed E-state index contributed by atoms with van der Waals surface area (Å²) in [4.78, 5) is 14.8. The first kappa shape index (κ1) is 13.7. The molecule has 1 aromatic carbocycles. The molecule has 2 aromatic rings. The molecule has 0 aliphatic carbocycles. The van der Waals surface area contributed by atoms with E-state index in [0.717, 1.165) is 10.0 Å². The maximum absolute atomic E-state index is 10.6. The maximum atomic E-state index is 10.6. The van der Waals surface area contributed by atoms with Crippen molar-refractivity contribution in [2.24, 2.45) is 5.73 Å². The Hall–Kier alpha value is -1.73. The van der Waals surface area contributed by atoms with E-state index in [-0.39, 0.29) is 6.54 Å². The maximum Gasteiger partial charge on any atom is 0.240 e. The zero-order chi connectivity index (χ0) is 13.7. The first-order valence-electron chi connectivity index (χ1n) is 5.68. The molecule has 19 heavy (non-hydrogen) atoms. The number of primary amides is 1. The van der Waals surface area contributed by atoms with Crippen LogP contribution < -0.4 is 11.1 Å². The smallest absolute Gasteiger partial charge is 0.240 e. The molecular formula is C12H13BrN4O2. The SMILES string of the molecule is NC(=O)CNCc1nc(Cc2cccc(Br)c2)no1. The van der Waals surface area contributed by atoms with Crippen LogP contribution in [0, 0.1) is 0 Å². The molecule has 1 aromatic heterocycles. The second kappa shape index (κ2) is 6.44. The predicted molar refractivity (Wildman–Crippen MR) is 72.1 cm³/mol. The molecule has 1 amide bonds. The Bertz CT molecular complexity index is 570. The van der Waals surface area contributed by atoms with Crippen LogP contribution in [0.3, 0.4) is 0 Å². The Kier molecular flexibility index (Phi) is 4.64. The van der Waals surface area contributed by atoms with Crippen molar-refractivity contribution >= 4 is 21.8 Å². The minimum atomic E-state index is -0.422. The zero-order valence-corrected chi connectivity index (χ0v) is 11.7. The Balaban J connectivity index is 1.92. The summed E-state index contributed by atoms with van der Waals surface area (Å²) < 4.78 is 6.07. The molecule has 7 heteroatoms. The van der Waals surface area contributed by atoms with Crippen molar-refractivity contribution < 1.29 is 9.32 Å². The minimum absolute atomic E-state index is 0.0867. The average Bonchev–Trinajstić information content (AvgIpc) is 2.76. The Morgan fingerprint density at radius 2 is 2.32 bits per heavy atom. The molecule has 1 heterocycles. The van der Waals surface area contributed by atoms with E-state index in [2.05, 4.69) is 31.4 Å². The fraction of sp³-hybridized carbons (Fsp3) is 0.250. The number of carbonyl (C=O) groups is 1. The molecule has 0 saturated carbocycles. The number of halogens is 1. The van der Waals surface area contributed by atoms with Gasteiger partial charge in [0.15, 0.2) is 5.82 Å². The lowest BCUT2D eigenvalue weighted by Crippen LogP contribution is -2.28. The van der Waals surface area contributed by atoms with E-state index in [1.54, 1.807) is 0 Å². The Morgan fingerprint density at radius 3 is 3.05 bits per heavy atom. The molecule has 0 bridgehead atoms. The van der Waals surface area contributed by atoms with Crippen LogP contribution in [0.4, 0.5) is 0 Å². The van der Waals surface area contributed by atoms with Crippen molar-refractivity contribution in [3.63, 3.8) is 0 Å². The van der Waals surface area contributed by atoms with Gasteiger partial charge < -0.3 is 10.3 Å². The predicted octanol–water partition coefficient (Wildman–Crippen LogP) is 0.998. The normalized spacial score (nSPS) is 10.6. The summed E-state index contributed by atoms with van der Waals surface area (Å²) >= 11 is 3.41. The van der Waals surface area contributed by atoms with E-state index in [1.807, 2.05) is 24.3 Å². The van der Waals surface area contributed by atoms with Gasteiger partial charge in [0.05, 0.1) is 13.1 Å². The van der Waals surface area contributed by atoms with Crippen LogP contribution in [0.1, 0.15) is 17.3 Å². The molecule has 0 atom stereocenters. The van der Waals surface area contributed by atoms with Gasteiger partial charge in [-0.05, 0) is 17.7 Å². The van der Waals surface area contributed by atoms with Crippen LogP contribution >= 0.6 is 15.9 Å². The highest BCUT2D eigenvalue weighted by Gasteiger charge is 2.07. The highest BCUT2D eigenvalue weighted by molar-refractivity contribution is 9.10. The summed E-state index contributed by atoms with van der Waals surface area (Å²) in [7, 11) is 0.